The SMILES string of the molecule is CCC(=O)N[C@@H]1CC[C@H](NC(=O)c2c(C)[nH]c3c(-c4c(OCC5CC5)ccc(C)c4F)ncnc23)[C@H](F)C1. The third-order valence-corrected chi connectivity index (χ3v) is 7.48. The quantitative estimate of drug-likeness (QED) is 0.396. The van der Waals surface area contributed by atoms with Crippen LogP contribution >= 0.6 is 0 Å². The Balaban J connectivity index is 1.42. The van der Waals surface area contributed by atoms with Crippen molar-refractivity contribution in [3.8, 4) is 17.0 Å². The topological polar surface area (TPSA) is 109 Å². The number of hydrogen-bond donors (Lipinski definition) is 3. The fraction of sp³-hybridized carbons (Fsp3) is 0.500. The van der Waals surface area contributed by atoms with Gasteiger partial charge in [0.1, 0.15) is 35.3 Å². The largest absolute Gasteiger partial charge is 0.492 e. The molecule has 2 saturated carbocycles. The van der Waals surface area contributed by atoms with E-state index >= 15 is 4.39 Å². The monoisotopic (exact) mass is 525 g/mol. The van der Waals surface area contributed by atoms with Crippen molar-refractivity contribution in [1.29, 1.82) is 0 Å². The number of H-pyrrole nitrogens is 1. The standard InChI is InChI=1S/C28H33F2N5O3/c1-4-21(36)34-17-8-9-19(18(29)11-17)35-28(37)22-15(3)33-27-25(22)31-13-32-26(27)23-20(38-12-16-6-7-16)10-5-14(2)24(23)30/h5,10,13,16-19,33H,4,6-9,11-12H2,1-3H3,(H,34,36)(H,35,37)/t17-,18-,19+/m1/s1. The first-order valence-corrected chi connectivity index (χ1v) is 13.3. The fourth-order valence-electron chi connectivity index (χ4n) is 5.06. The van der Waals surface area contributed by atoms with Gasteiger partial charge in [-0.15, -0.1) is 0 Å². The van der Waals surface area contributed by atoms with Gasteiger partial charge in [-0.3, -0.25) is 9.59 Å². The lowest BCUT2D eigenvalue weighted by molar-refractivity contribution is -0.121. The third-order valence-electron chi connectivity index (χ3n) is 7.48. The molecule has 10 heteroatoms. The van der Waals surface area contributed by atoms with Crippen LogP contribution in [-0.2, 0) is 4.79 Å². The summed E-state index contributed by atoms with van der Waals surface area (Å²) in [6.45, 7) is 5.66. The summed E-state index contributed by atoms with van der Waals surface area (Å²) in [7, 11) is 0. The molecule has 202 valence electrons. The molecule has 0 radical (unpaired) electrons. The van der Waals surface area contributed by atoms with Crippen molar-refractivity contribution in [3.05, 3.63) is 41.1 Å². The van der Waals surface area contributed by atoms with Crippen LogP contribution in [-0.4, -0.2) is 51.6 Å². The first kappa shape index (κ1) is 26.1. The van der Waals surface area contributed by atoms with Crippen molar-refractivity contribution in [2.24, 2.45) is 5.92 Å². The van der Waals surface area contributed by atoms with Crippen LogP contribution in [0, 0.1) is 25.6 Å². The number of nitrogens with zero attached hydrogens (tertiary/aromatic N) is 2. The number of ether oxygens (including phenoxy) is 1. The molecule has 2 aliphatic carbocycles. The van der Waals surface area contributed by atoms with Crippen LogP contribution in [0.4, 0.5) is 8.78 Å². The molecule has 0 aliphatic heterocycles. The van der Waals surface area contributed by atoms with E-state index in [4.69, 9.17) is 4.74 Å². The molecule has 3 aromatic rings. The molecule has 38 heavy (non-hydrogen) atoms. The second-order valence-electron chi connectivity index (χ2n) is 10.4. The van der Waals surface area contributed by atoms with Gasteiger partial charge < -0.3 is 20.4 Å². The second-order valence-corrected chi connectivity index (χ2v) is 10.4. The zero-order valence-electron chi connectivity index (χ0n) is 21.9. The number of alkyl halides is 1. The Morgan fingerprint density at radius 3 is 2.63 bits per heavy atom. The lowest BCUT2D eigenvalue weighted by Crippen LogP contribution is -2.50. The van der Waals surface area contributed by atoms with Crippen molar-refractivity contribution in [3.63, 3.8) is 0 Å². The van der Waals surface area contributed by atoms with Gasteiger partial charge >= 0.3 is 0 Å². The number of rotatable bonds is 8. The minimum absolute atomic E-state index is 0.110. The van der Waals surface area contributed by atoms with Gasteiger partial charge in [0.15, 0.2) is 0 Å². The molecule has 2 heterocycles. The number of amides is 2. The maximum atomic E-state index is 15.5. The van der Waals surface area contributed by atoms with Crippen LogP contribution in [0.1, 0.15) is 67.1 Å². The highest BCUT2D eigenvalue weighted by Gasteiger charge is 2.34. The van der Waals surface area contributed by atoms with E-state index in [2.05, 4.69) is 25.6 Å². The predicted octanol–water partition coefficient (Wildman–Crippen LogP) is 4.68. The average Bonchev–Trinajstić information content (AvgIpc) is 3.66. The number of halogens is 2. The number of aromatic nitrogens is 3. The highest BCUT2D eigenvalue weighted by Crippen LogP contribution is 2.39. The van der Waals surface area contributed by atoms with Crippen molar-refractivity contribution in [2.45, 2.75) is 77.6 Å². The van der Waals surface area contributed by atoms with E-state index in [-0.39, 0.29) is 29.5 Å². The Bertz CT molecular complexity index is 1370. The molecule has 3 atom stereocenters. The highest BCUT2D eigenvalue weighted by atomic mass is 19.1. The predicted molar refractivity (Wildman–Crippen MR) is 139 cm³/mol. The van der Waals surface area contributed by atoms with Crippen LogP contribution in [0.2, 0.25) is 0 Å². The normalized spacial score (nSPS) is 21.3. The van der Waals surface area contributed by atoms with Crippen LogP contribution in [0.25, 0.3) is 22.3 Å². The molecule has 0 bridgehead atoms. The van der Waals surface area contributed by atoms with Crippen LogP contribution in [0.3, 0.4) is 0 Å². The number of aryl methyl sites for hydroxylation is 2. The van der Waals surface area contributed by atoms with Crippen molar-refractivity contribution in [2.75, 3.05) is 6.61 Å². The Morgan fingerprint density at radius 2 is 1.92 bits per heavy atom. The summed E-state index contributed by atoms with van der Waals surface area (Å²) in [4.78, 5) is 36.9. The molecule has 0 unspecified atom stereocenters. The number of carbonyl (C=O) groups excluding carboxylic acids is 2. The maximum Gasteiger partial charge on any atom is 0.255 e. The van der Waals surface area contributed by atoms with Gasteiger partial charge in [0, 0.05) is 24.6 Å². The Labute approximate surface area is 220 Å². The zero-order chi connectivity index (χ0) is 27.0. The molecule has 2 amide bonds. The minimum atomic E-state index is -1.29. The Morgan fingerprint density at radius 1 is 1.13 bits per heavy atom. The molecule has 5 rings (SSSR count). The van der Waals surface area contributed by atoms with Crippen molar-refractivity contribution >= 4 is 22.8 Å². The van der Waals surface area contributed by atoms with Crippen LogP contribution in [0.5, 0.6) is 5.75 Å². The maximum absolute atomic E-state index is 15.5. The van der Waals surface area contributed by atoms with Gasteiger partial charge in [-0.25, -0.2) is 18.7 Å². The molecule has 8 nitrogen and oxygen atoms in total. The molecular weight excluding hydrogens is 492 g/mol. The van der Waals surface area contributed by atoms with E-state index in [0.717, 1.165) is 12.8 Å². The summed E-state index contributed by atoms with van der Waals surface area (Å²) < 4.78 is 36.4. The molecule has 0 saturated heterocycles. The van der Waals surface area contributed by atoms with Gasteiger partial charge in [0.25, 0.3) is 5.91 Å². The molecular formula is C28H33F2N5O3. The molecule has 2 aliphatic rings. The number of benzene rings is 1. The van der Waals surface area contributed by atoms with E-state index in [0.29, 0.717) is 65.5 Å². The summed E-state index contributed by atoms with van der Waals surface area (Å²) in [6.07, 6.45) is 3.68. The average molecular weight is 526 g/mol. The number of carbonyl (C=O) groups is 2. The summed E-state index contributed by atoms with van der Waals surface area (Å²) in [5.74, 6) is -0.134. The molecule has 2 fully saturated rings. The Hall–Kier alpha value is -3.56. The first-order chi connectivity index (χ1) is 18.3. The lowest BCUT2D eigenvalue weighted by Gasteiger charge is -2.32. The summed E-state index contributed by atoms with van der Waals surface area (Å²) in [5.41, 5.74) is 2.52. The number of fused-ring (bicyclic) bond motifs is 1. The minimum Gasteiger partial charge on any atom is -0.492 e. The van der Waals surface area contributed by atoms with E-state index in [1.165, 1.54) is 6.33 Å². The van der Waals surface area contributed by atoms with Crippen molar-refractivity contribution in [1.82, 2.24) is 25.6 Å². The molecule has 1 aromatic carbocycles. The van der Waals surface area contributed by atoms with Gasteiger partial charge in [0.2, 0.25) is 5.91 Å². The second kappa shape index (κ2) is 10.7. The molecule has 0 spiro atoms. The third kappa shape index (κ3) is 5.21. The number of nitrogens with one attached hydrogen (secondary N) is 3. The van der Waals surface area contributed by atoms with Gasteiger partial charge in [0.05, 0.1) is 29.3 Å². The molecule has 2 aromatic heterocycles. The van der Waals surface area contributed by atoms with Gasteiger partial charge in [-0.1, -0.05) is 13.0 Å². The van der Waals surface area contributed by atoms with Crippen LogP contribution < -0.4 is 15.4 Å². The number of aromatic amines is 1. The first-order valence-electron chi connectivity index (χ1n) is 13.3. The smallest absolute Gasteiger partial charge is 0.255 e. The number of hydrogen-bond acceptors (Lipinski definition) is 5. The van der Waals surface area contributed by atoms with Crippen molar-refractivity contribution < 1.29 is 23.1 Å². The van der Waals surface area contributed by atoms with E-state index in [1.807, 2.05) is 0 Å². The van der Waals surface area contributed by atoms with Gasteiger partial charge in [-0.2, -0.15) is 0 Å². The fourth-order valence-corrected chi connectivity index (χ4v) is 5.06. The van der Waals surface area contributed by atoms with Gasteiger partial charge in [-0.05, 0) is 57.1 Å². The lowest BCUT2D eigenvalue weighted by atomic mass is 9.89. The summed E-state index contributed by atoms with van der Waals surface area (Å²) >= 11 is 0. The zero-order valence-corrected chi connectivity index (χ0v) is 21.9. The van der Waals surface area contributed by atoms with E-state index < -0.39 is 23.9 Å². The molecule has 3 N–H and O–H groups in total. The van der Waals surface area contributed by atoms with E-state index in [9.17, 15) is 14.0 Å². The Kier molecular flexibility index (Phi) is 7.32. The van der Waals surface area contributed by atoms with E-state index in [1.54, 1.807) is 32.9 Å². The highest BCUT2D eigenvalue weighted by molar-refractivity contribution is 6.09. The summed E-state index contributed by atoms with van der Waals surface area (Å²) in [5, 5.41) is 5.65. The van der Waals surface area contributed by atoms with Crippen LogP contribution in [0.15, 0.2) is 18.5 Å². The summed E-state index contributed by atoms with van der Waals surface area (Å²) in [6, 6.07) is 2.50.